The number of nitro benzene ring substituents is 1. The van der Waals surface area contributed by atoms with Crippen LogP contribution in [0.5, 0.6) is 0 Å². The maximum atomic E-state index is 10.8. The van der Waals surface area contributed by atoms with Gasteiger partial charge in [0, 0.05) is 24.3 Å². The highest BCUT2D eigenvalue weighted by atomic mass is 16.6. The zero-order valence-electron chi connectivity index (χ0n) is 12.5. The fourth-order valence-electron chi connectivity index (χ4n) is 2.43. The maximum absolute atomic E-state index is 10.8. The predicted octanol–water partition coefficient (Wildman–Crippen LogP) is 0.581. The lowest BCUT2D eigenvalue weighted by atomic mass is 10.1. The van der Waals surface area contributed by atoms with Gasteiger partial charge in [0.1, 0.15) is 0 Å². The highest BCUT2D eigenvalue weighted by Gasteiger charge is 2.30. The van der Waals surface area contributed by atoms with Gasteiger partial charge in [-0.1, -0.05) is 6.07 Å². The third-order valence-corrected chi connectivity index (χ3v) is 3.63. The molecule has 0 fully saturated rings. The van der Waals surface area contributed by atoms with Crippen LogP contribution in [0.2, 0.25) is 0 Å². The van der Waals surface area contributed by atoms with Gasteiger partial charge in [0.15, 0.2) is 12.4 Å². The van der Waals surface area contributed by atoms with Crippen molar-refractivity contribution in [3.63, 3.8) is 0 Å². The highest BCUT2D eigenvalue weighted by molar-refractivity contribution is 5.33. The molecule has 23 heavy (non-hydrogen) atoms. The second kappa shape index (κ2) is 5.84. The zero-order valence-corrected chi connectivity index (χ0v) is 12.5. The first-order valence-electron chi connectivity index (χ1n) is 6.96. The number of hydrogen-bond donors (Lipinski definition) is 1. The van der Waals surface area contributed by atoms with Crippen LogP contribution in [0, 0.1) is 10.1 Å². The van der Waals surface area contributed by atoms with E-state index in [1.165, 1.54) is 12.1 Å². The van der Waals surface area contributed by atoms with Crippen molar-refractivity contribution in [3.05, 3.63) is 76.9 Å². The number of nitrogens with zero attached hydrogens (tertiary/aromatic N) is 5. The summed E-state index contributed by atoms with van der Waals surface area (Å²) < 4.78 is 5.34. The van der Waals surface area contributed by atoms with Crippen LogP contribution >= 0.6 is 0 Å². The van der Waals surface area contributed by atoms with Crippen molar-refractivity contribution in [3.8, 4) is 0 Å². The summed E-state index contributed by atoms with van der Waals surface area (Å²) in [5.41, 5.74) is 7.01. The molecule has 2 heterocycles. The van der Waals surface area contributed by atoms with E-state index < -0.39 is 4.92 Å². The number of benzene rings is 1. The van der Waals surface area contributed by atoms with Crippen LogP contribution in [-0.2, 0) is 7.05 Å². The third-order valence-electron chi connectivity index (χ3n) is 3.63. The van der Waals surface area contributed by atoms with Crippen molar-refractivity contribution in [1.82, 2.24) is 9.78 Å². The second-order valence-electron chi connectivity index (χ2n) is 5.07. The minimum Gasteiger partial charge on any atom is -0.308 e. The van der Waals surface area contributed by atoms with Gasteiger partial charge < -0.3 is 5.73 Å². The highest BCUT2D eigenvalue weighted by Crippen LogP contribution is 2.16. The topological polar surface area (TPSA) is 94.7 Å². The third kappa shape index (κ3) is 2.73. The molecule has 0 bridgehead atoms. The first-order valence-corrected chi connectivity index (χ1v) is 6.96. The first-order chi connectivity index (χ1) is 11.1. The molecule has 8 heteroatoms. The van der Waals surface area contributed by atoms with Crippen LogP contribution in [0.3, 0.4) is 0 Å². The van der Waals surface area contributed by atoms with E-state index in [1.54, 1.807) is 34.8 Å². The number of nitro groups is 1. The monoisotopic (exact) mass is 312 g/mol. The van der Waals surface area contributed by atoms with Gasteiger partial charge in [-0.2, -0.15) is 9.13 Å². The Bertz CT molecular complexity index is 829. The molecular weight excluding hydrogens is 296 g/mol. The molecule has 0 spiro atoms. The summed E-state index contributed by atoms with van der Waals surface area (Å²) in [5.74, 6) is 0.477. The van der Waals surface area contributed by atoms with Crippen molar-refractivity contribution in [2.75, 3.05) is 5.73 Å². The molecule has 0 aliphatic carbocycles. The number of pyridine rings is 1. The average molecular weight is 312 g/mol. The van der Waals surface area contributed by atoms with Crippen molar-refractivity contribution < 1.29 is 14.1 Å². The van der Waals surface area contributed by atoms with Crippen molar-refractivity contribution in [2.45, 2.75) is 6.17 Å². The van der Waals surface area contributed by atoms with E-state index >= 15 is 0 Å². The van der Waals surface area contributed by atoms with Crippen LogP contribution in [0.1, 0.15) is 11.7 Å². The van der Waals surface area contributed by atoms with E-state index in [9.17, 15) is 10.1 Å². The van der Waals surface area contributed by atoms with E-state index in [-0.39, 0.29) is 11.9 Å². The molecule has 3 rings (SSSR count). The molecule has 8 nitrogen and oxygen atoms in total. The Morgan fingerprint density at radius 1 is 1.22 bits per heavy atom. The second-order valence-corrected chi connectivity index (χ2v) is 5.07. The standard InChI is InChI=1S/C15H15N6O2/c1-18-15(16)20(11-17-18)14(19-9-3-2-4-10-19)12-5-7-13(8-6-12)21(22)23/h2-11,14,16H,1H3/q+1/p+1. The average Bonchev–Trinajstić information content (AvgIpc) is 2.89. The normalized spacial score (nSPS) is 12.0. The Kier molecular flexibility index (Phi) is 3.71. The molecule has 1 unspecified atom stereocenters. The molecule has 0 saturated carbocycles. The van der Waals surface area contributed by atoms with Gasteiger partial charge in [0.25, 0.3) is 11.9 Å². The largest absolute Gasteiger partial charge is 0.347 e. The van der Waals surface area contributed by atoms with Gasteiger partial charge in [-0.25, -0.2) is 0 Å². The fourth-order valence-corrected chi connectivity index (χ4v) is 2.43. The van der Waals surface area contributed by atoms with Crippen LogP contribution in [0.4, 0.5) is 11.6 Å². The summed E-state index contributed by atoms with van der Waals surface area (Å²) in [6, 6.07) is 12.2. The fraction of sp³-hybridized carbons (Fsp3) is 0.133. The Morgan fingerprint density at radius 2 is 1.87 bits per heavy atom. The molecule has 0 saturated heterocycles. The number of hydrogen-bond acceptors (Lipinski definition) is 4. The van der Waals surface area contributed by atoms with E-state index in [0.29, 0.717) is 5.95 Å². The smallest absolute Gasteiger partial charge is 0.308 e. The molecule has 1 atom stereocenters. The Balaban J connectivity index is 2.12. The SMILES string of the molecule is Cn1nc[n+](C(c2ccc([N+](=O)[O-])cc2)[n+]2ccccc2)c1N. The Labute approximate surface area is 132 Å². The van der Waals surface area contributed by atoms with Crippen molar-refractivity contribution in [1.29, 1.82) is 0 Å². The van der Waals surface area contributed by atoms with Gasteiger partial charge in [-0.05, 0) is 17.2 Å². The van der Waals surface area contributed by atoms with E-state index in [1.807, 2.05) is 35.2 Å². The van der Waals surface area contributed by atoms with E-state index in [0.717, 1.165) is 5.56 Å². The van der Waals surface area contributed by atoms with Gasteiger partial charge in [-0.3, -0.25) is 10.1 Å². The zero-order chi connectivity index (χ0) is 16.4. The minimum absolute atomic E-state index is 0.0507. The Morgan fingerprint density at radius 3 is 2.39 bits per heavy atom. The number of nitrogens with two attached hydrogens (primary N) is 1. The molecule has 3 aromatic rings. The molecule has 1 aromatic carbocycles. The number of anilines is 1. The molecular formula is C15H16N6O2+2. The molecule has 0 radical (unpaired) electrons. The molecule has 0 amide bonds. The summed E-state index contributed by atoms with van der Waals surface area (Å²) in [5, 5.41) is 15.0. The summed E-state index contributed by atoms with van der Waals surface area (Å²) >= 11 is 0. The first kappa shape index (κ1) is 14.6. The van der Waals surface area contributed by atoms with Gasteiger partial charge in [0.2, 0.25) is 6.33 Å². The van der Waals surface area contributed by atoms with Crippen LogP contribution in [0.15, 0.2) is 61.2 Å². The van der Waals surface area contributed by atoms with Crippen molar-refractivity contribution >= 4 is 11.6 Å². The maximum Gasteiger partial charge on any atom is 0.347 e. The number of nitrogen functional groups attached to an aromatic ring is 1. The number of aromatic nitrogens is 4. The number of aryl methyl sites for hydroxylation is 1. The summed E-state index contributed by atoms with van der Waals surface area (Å²) in [7, 11) is 1.76. The van der Waals surface area contributed by atoms with Crippen LogP contribution < -0.4 is 14.9 Å². The minimum atomic E-state index is -0.417. The predicted molar refractivity (Wildman–Crippen MR) is 81.1 cm³/mol. The molecule has 116 valence electrons. The lowest BCUT2D eigenvalue weighted by Crippen LogP contribution is -2.58. The van der Waals surface area contributed by atoms with Gasteiger partial charge in [0.05, 0.1) is 17.5 Å². The molecule has 2 N–H and O–H groups in total. The van der Waals surface area contributed by atoms with Gasteiger partial charge >= 0.3 is 5.95 Å². The number of non-ortho nitro benzene ring substituents is 1. The summed E-state index contributed by atoms with van der Waals surface area (Å²) in [6.45, 7) is 0. The lowest BCUT2D eigenvalue weighted by Gasteiger charge is -2.11. The molecule has 0 aliphatic rings. The van der Waals surface area contributed by atoms with E-state index in [4.69, 9.17) is 5.73 Å². The van der Waals surface area contributed by atoms with Crippen molar-refractivity contribution in [2.24, 2.45) is 7.05 Å². The summed E-state index contributed by atoms with van der Waals surface area (Å²) in [6.07, 6.45) is 5.17. The lowest BCUT2D eigenvalue weighted by molar-refractivity contribution is -0.928. The quantitative estimate of drug-likeness (QED) is 0.433. The van der Waals surface area contributed by atoms with Gasteiger partial charge in [-0.15, -0.1) is 4.68 Å². The van der Waals surface area contributed by atoms with E-state index in [2.05, 4.69) is 5.10 Å². The summed E-state index contributed by atoms with van der Waals surface area (Å²) in [4.78, 5) is 10.4. The van der Waals surface area contributed by atoms with Crippen LogP contribution in [0.25, 0.3) is 0 Å². The number of rotatable bonds is 4. The molecule has 0 aliphatic heterocycles. The Hall–Kier alpha value is -3.29. The molecule has 2 aromatic heterocycles. The van der Waals surface area contributed by atoms with Crippen LogP contribution in [-0.4, -0.2) is 14.7 Å².